The number of hydrogen-bond acceptors (Lipinski definition) is 2. The van der Waals surface area contributed by atoms with Crippen molar-refractivity contribution in [2.75, 3.05) is 0 Å². The largest absolute Gasteiger partial charge is 0.509 e. The van der Waals surface area contributed by atoms with E-state index < -0.39 is 0 Å². The number of aromatic hydroxyl groups is 1. The van der Waals surface area contributed by atoms with E-state index in [0.29, 0.717) is 17.0 Å². The molecule has 1 N–H and O–H groups in total. The fourth-order valence-corrected chi connectivity index (χ4v) is 4.34. The van der Waals surface area contributed by atoms with Gasteiger partial charge >= 0.3 is 0 Å². The molecule has 29 heavy (non-hydrogen) atoms. The maximum Gasteiger partial charge on any atom is 0.151 e. The number of carbonyl (C=O) groups excluding carboxylic acids is 1. The van der Waals surface area contributed by atoms with Gasteiger partial charge in [0.15, 0.2) is 6.29 Å². The third-order valence-corrected chi connectivity index (χ3v) is 6.82. The molecule has 1 unspecified atom stereocenters. The summed E-state index contributed by atoms with van der Waals surface area (Å²) in [7, 11) is 23.5. The number of rotatable bonds is 1. The van der Waals surface area contributed by atoms with E-state index in [1.165, 1.54) is 5.56 Å². The van der Waals surface area contributed by atoms with E-state index in [4.69, 9.17) is 31.4 Å². The molecule has 0 saturated heterocycles. The quantitative estimate of drug-likeness (QED) is 0.435. The van der Waals surface area contributed by atoms with Gasteiger partial charge in [-0.3, -0.25) is 4.79 Å². The minimum atomic E-state index is -0.345. The zero-order valence-electron chi connectivity index (χ0n) is 17.5. The summed E-state index contributed by atoms with van der Waals surface area (Å²) in [6.45, 7) is 11.0. The maximum absolute atomic E-state index is 11.8. The summed E-state index contributed by atoms with van der Waals surface area (Å²) in [6.07, 6.45) is 0.803. The monoisotopic (exact) mass is 372 g/mol. The normalized spacial score (nSPS) is 18.6. The van der Waals surface area contributed by atoms with Gasteiger partial charge in [-0.1, -0.05) is 57.4 Å². The van der Waals surface area contributed by atoms with Crippen LogP contribution in [0, 0.1) is 17.8 Å². The van der Waals surface area contributed by atoms with Crippen LogP contribution >= 0.6 is 0 Å². The molecule has 2 aromatic rings. The summed E-state index contributed by atoms with van der Waals surface area (Å²) in [6, 6.07) is 3.91. The summed E-state index contributed by atoms with van der Waals surface area (Å²) in [5.74, 6) is 5.91. The third-order valence-electron chi connectivity index (χ3n) is 6.82. The van der Waals surface area contributed by atoms with Crippen molar-refractivity contribution in [3.8, 4) is 17.6 Å². The Balaban J connectivity index is 2.23. The Morgan fingerprint density at radius 3 is 2.00 bits per heavy atom. The Hall–Kier alpha value is -2.27. The molecule has 0 aromatic heterocycles. The first-order chi connectivity index (χ1) is 13.4. The minimum absolute atomic E-state index is 0.0299. The smallest absolute Gasteiger partial charge is 0.151 e. The number of aldehydes is 1. The molecule has 0 fully saturated rings. The lowest BCUT2D eigenvalue weighted by atomic mass is 9.66. The van der Waals surface area contributed by atoms with E-state index in [9.17, 15) is 9.90 Å². The fourth-order valence-electron chi connectivity index (χ4n) is 4.34. The molecule has 8 radical (unpaired) electrons. The van der Waals surface area contributed by atoms with Crippen LogP contribution in [0.1, 0.15) is 67.2 Å². The topological polar surface area (TPSA) is 37.3 Å². The van der Waals surface area contributed by atoms with Gasteiger partial charge in [-0.25, -0.2) is 0 Å². The maximum atomic E-state index is 11.8. The molecular weight excluding hydrogens is 351 g/mol. The molecule has 0 bridgehead atoms. The Labute approximate surface area is 178 Å². The number of benzene rings is 2. The lowest BCUT2D eigenvalue weighted by Gasteiger charge is -2.32. The molecule has 0 saturated carbocycles. The molecular formula is C23H20B4O2. The van der Waals surface area contributed by atoms with Crippen LogP contribution in [0.2, 0.25) is 0 Å². The molecule has 6 heteroatoms. The van der Waals surface area contributed by atoms with E-state index >= 15 is 0 Å². The van der Waals surface area contributed by atoms with Crippen LogP contribution in [0.4, 0.5) is 0 Å². The van der Waals surface area contributed by atoms with Gasteiger partial charge in [0, 0.05) is 16.7 Å². The van der Waals surface area contributed by atoms with Crippen LogP contribution in [0.15, 0.2) is 12.1 Å². The molecule has 1 aliphatic rings. The van der Waals surface area contributed by atoms with Crippen LogP contribution in [0.5, 0.6) is 5.75 Å². The van der Waals surface area contributed by atoms with Gasteiger partial charge in [-0.15, -0.1) is 5.46 Å². The van der Waals surface area contributed by atoms with Crippen LogP contribution < -0.4 is 21.9 Å². The molecule has 0 amide bonds. The highest BCUT2D eigenvalue weighted by Crippen LogP contribution is 2.53. The van der Waals surface area contributed by atoms with Crippen LogP contribution in [-0.2, 0) is 10.8 Å². The highest BCUT2D eigenvalue weighted by Gasteiger charge is 2.48. The van der Waals surface area contributed by atoms with E-state index in [2.05, 4.69) is 46.5 Å². The lowest BCUT2D eigenvalue weighted by molar-refractivity contribution is 0.112. The minimum Gasteiger partial charge on any atom is -0.509 e. The highest BCUT2D eigenvalue weighted by atomic mass is 16.3. The van der Waals surface area contributed by atoms with Crippen molar-refractivity contribution in [2.45, 2.75) is 45.4 Å². The van der Waals surface area contributed by atoms with Gasteiger partial charge < -0.3 is 5.11 Å². The Morgan fingerprint density at radius 2 is 1.45 bits per heavy atom. The molecule has 3 rings (SSSR count). The van der Waals surface area contributed by atoms with Crippen molar-refractivity contribution >= 4 is 59.5 Å². The van der Waals surface area contributed by atoms with Gasteiger partial charge in [0.25, 0.3) is 0 Å². The van der Waals surface area contributed by atoms with Gasteiger partial charge in [0.1, 0.15) is 37.1 Å². The van der Waals surface area contributed by atoms with Crippen molar-refractivity contribution < 1.29 is 9.90 Å². The predicted octanol–water partition coefficient (Wildman–Crippen LogP) is -0.0154. The first-order valence-corrected chi connectivity index (χ1v) is 9.46. The van der Waals surface area contributed by atoms with Crippen LogP contribution in [0.3, 0.4) is 0 Å². The molecule has 0 spiro atoms. The molecule has 0 heterocycles. The number of hydrogen-bond donors (Lipinski definition) is 1. The fraction of sp³-hybridized carbons (Fsp3) is 0.348. The Bertz CT molecular complexity index is 1080. The second-order valence-electron chi connectivity index (χ2n) is 8.90. The molecule has 0 aliphatic heterocycles. The summed E-state index contributed by atoms with van der Waals surface area (Å²) >= 11 is 0. The highest BCUT2D eigenvalue weighted by molar-refractivity contribution is 6.61. The van der Waals surface area contributed by atoms with Gasteiger partial charge in [-0.2, -0.15) is 0 Å². The second kappa shape index (κ2) is 6.91. The van der Waals surface area contributed by atoms with E-state index in [-0.39, 0.29) is 44.0 Å². The molecule has 136 valence electrons. The summed E-state index contributed by atoms with van der Waals surface area (Å²) in [5, 5.41) is 10.1. The van der Waals surface area contributed by atoms with Gasteiger partial charge in [0.05, 0.1) is 0 Å². The average molecular weight is 372 g/mol. The standard InChI is InChI=1S/C23H20B4O2/c1-11-22(2,3)15-8-12(13(10-28)9-16(15)23(11,4)5)6-7-14-17(24)19(26)20(27)21(29)18(14)25/h8-11,29H,1-5H3. The van der Waals surface area contributed by atoms with E-state index in [1.807, 2.05) is 12.1 Å². The van der Waals surface area contributed by atoms with Crippen LogP contribution in [-0.4, -0.2) is 42.8 Å². The lowest BCUT2D eigenvalue weighted by Crippen LogP contribution is -2.45. The number of phenolic OH excluding ortho intramolecular Hbond substituents is 1. The van der Waals surface area contributed by atoms with Gasteiger partial charge in [-0.05, 0) is 45.5 Å². The van der Waals surface area contributed by atoms with Crippen molar-refractivity contribution in [1.82, 2.24) is 0 Å². The third kappa shape index (κ3) is 3.07. The van der Waals surface area contributed by atoms with Crippen LogP contribution in [0.25, 0.3) is 0 Å². The zero-order valence-corrected chi connectivity index (χ0v) is 17.5. The van der Waals surface area contributed by atoms with Crippen molar-refractivity contribution in [3.05, 3.63) is 39.9 Å². The van der Waals surface area contributed by atoms with E-state index in [1.54, 1.807) is 0 Å². The SMILES string of the molecule is [B]c1c([B])c(O)c([B])c(C#Cc2cc3c(cc2C=O)C(C)(C)C(C)C3(C)C)c1[B]. The predicted molar refractivity (Wildman–Crippen MR) is 123 cm³/mol. The van der Waals surface area contributed by atoms with Gasteiger partial charge in [0.2, 0.25) is 0 Å². The number of carbonyl (C=O) groups is 1. The Kier molecular flexibility index (Phi) is 5.11. The van der Waals surface area contributed by atoms with Crippen molar-refractivity contribution in [2.24, 2.45) is 5.92 Å². The second-order valence-corrected chi connectivity index (χ2v) is 8.90. The first kappa shape index (κ1) is 21.4. The van der Waals surface area contributed by atoms with Crippen molar-refractivity contribution in [3.63, 3.8) is 0 Å². The summed E-state index contributed by atoms with van der Waals surface area (Å²) < 4.78 is 0. The Morgan fingerprint density at radius 1 is 0.897 bits per heavy atom. The van der Waals surface area contributed by atoms with E-state index in [0.717, 1.165) is 11.8 Å². The molecule has 1 atom stereocenters. The number of fused-ring (bicyclic) bond motifs is 1. The average Bonchev–Trinajstić information content (AvgIpc) is 2.81. The molecule has 1 aliphatic carbocycles. The summed E-state index contributed by atoms with van der Waals surface area (Å²) in [5.41, 5.74) is 3.50. The van der Waals surface area contributed by atoms with Crippen molar-refractivity contribution in [1.29, 1.82) is 0 Å². The first-order valence-electron chi connectivity index (χ1n) is 9.46. The number of phenols is 1. The molecule has 2 aromatic carbocycles. The molecule has 2 nitrogen and oxygen atoms in total. The zero-order chi connectivity index (χ0) is 21.9. The summed E-state index contributed by atoms with van der Waals surface area (Å²) in [4.78, 5) is 11.8.